The Hall–Kier alpha value is -1.10. The lowest BCUT2D eigenvalue weighted by Crippen LogP contribution is -2.13. The third kappa shape index (κ3) is 3.48. The van der Waals surface area contributed by atoms with Gasteiger partial charge in [-0.25, -0.2) is 4.39 Å². The van der Waals surface area contributed by atoms with Crippen molar-refractivity contribution in [1.29, 1.82) is 0 Å². The van der Waals surface area contributed by atoms with E-state index in [2.05, 4.69) is 0 Å². The fraction of sp³-hybridized carbons (Fsp3) is 0.364. The van der Waals surface area contributed by atoms with Crippen LogP contribution in [0.2, 0.25) is 0 Å². The summed E-state index contributed by atoms with van der Waals surface area (Å²) < 4.78 is 18.1. The van der Waals surface area contributed by atoms with Crippen LogP contribution < -0.4 is 4.74 Å². The summed E-state index contributed by atoms with van der Waals surface area (Å²) in [5.74, 6) is -1.79. The molecule has 1 unspecified atom stereocenters. The number of rotatable bonds is 4. The average molecular weight is 293 g/mol. The number of methoxy groups -OCH3 is 1. The van der Waals surface area contributed by atoms with Crippen LogP contribution in [0.3, 0.4) is 0 Å². The fourth-order valence-corrected chi connectivity index (χ4v) is 1.36. The maximum Gasteiger partial charge on any atom is 0.306 e. The summed E-state index contributed by atoms with van der Waals surface area (Å²) in [4.78, 5) is 10.7. The Balaban J connectivity index is 0.00000225. The summed E-state index contributed by atoms with van der Waals surface area (Å²) in [5.41, 5.74) is 0.576. The van der Waals surface area contributed by atoms with Crippen molar-refractivity contribution in [2.75, 3.05) is 7.11 Å². The third-order valence-corrected chi connectivity index (χ3v) is 2.20. The lowest BCUT2D eigenvalue weighted by molar-refractivity contribution is -0.141. The highest BCUT2D eigenvalue weighted by Crippen LogP contribution is 2.24. The molecule has 0 aromatic heterocycles. The minimum absolute atomic E-state index is 0. The average Bonchev–Trinajstić information content (AvgIpc) is 2.18. The van der Waals surface area contributed by atoms with E-state index in [1.165, 1.54) is 13.2 Å². The largest absolute Gasteiger partial charge is 0.493 e. The maximum absolute atomic E-state index is 13.2. The standard InChI is InChI=1S/C11H13FO3.BrH/c1-7(11(13)14)6-8-4-3-5-9(12)10(8)15-2;/h3-5,7H,6H2,1-2H3,(H,13,14);1H. The summed E-state index contributed by atoms with van der Waals surface area (Å²) in [7, 11) is 1.37. The van der Waals surface area contributed by atoms with E-state index in [1.54, 1.807) is 19.1 Å². The zero-order valence-electron chi connectivity index (χ0n) is 9.07. The molecular formula is C11H14BrFO3. The van der Waals surface area contributed by atoms with Crippen LogP contribution in [-0.4, -0.2) is 18.2 Å². The van der Waals surface area contributed by atoms with E-state index in [9.17, 15) is 9.18 Å². The van der Waals surface area contributed by atoms with Crippen LogP contribution in [0.5, 0.6) is 5.75 Å². The third-order valence-electron chi connectivity index (χ3n) is 2.20. The molecule has 1 aromatic carbocycles. The van der Waals surface area contributed by atoms with Crippen molar-refractivity contribution in [3.05, 3.63) is 29.6 Å². The van der Waals surface area contributed by atoms with Gasteiger partial charge < -0.3 is 9.84 Å². The molecule has 0 aliphatic carbocycles. The number of halogens is 2. The van der Waals surface area contributed by atoms with Gasteiger partial charge in [-0.15, -0.1) is 17.0 Å². The van der Waals surface area contributed by atoms with Crippen molar-refractivity contribution in [3.63, 3.8) is 0 Å². The Morgan fingerprint density at radius 1 is 1.56 bits per heavy atom. The van der Waals surface area contributed by atoms with Gasteiger partial charge in [-0.2, -0.15) is 0 Å². The van der Waals surface area contributed by atoms with Crippen molar-refractivity contribution in [2.45, 2.75) is 13.3 Å². The second-order valence-electron chi connectivity index (χ2n) is 3.38. The van der Waals surface area contributed by atoms with Gasteiger partial charge in [0.15, 0.2) is 11.6 Å². The number of benzene rings is 1. The lowest BCUT2D eigenvalue weighted by Gasteiger charge is -2.11. The van der Waals surface area contributed by atoms with E-state index in [0.717, 1.165) is 0 Å². The first-order chi connectivity index (χ1) is 7.06. The van der Waals surface area contributed by atoms with Crippen molar-refractivity contribution < 1.29 is 19.0 Å². The van der Waals surface area contributed by atoms with Crippen LogP contribution in [0.15, 0.2) is 18.2 Å². The van der Waals surface area contributed by atoms with Gasteiger partial charge in [0.05, 0.1) is 13.0 Å². The molecule has 1 atom stereocenters. The summed E-state index contributed by atoms with van der Waals surface area (Å²) >= 11 is 0. The first kappa shape index (κ1) is 14.9. The molecule has 0 radical (unpaired) electrons. The predicted molar refractivity (Wildman–Crippen MR) is 63.8 cm³/mol. The number of carbonyl (C=O) groups is 1. The van der Waals surface area contributed by atoms with Crippen LogP contribution in [-0.2, 0) is 11.2 Å². The molecule has 0 heterocycles. The van der Waals surface area contributed by atoms with Crippen LogP contribution in [0, 0.1) is 11.7 Å². The number of hydrogen-bond acceptors (Lipinski definition) is 2. The maximum atomic E-state index is 13.2. The molecular weight excluding hydrogens is 279 g/mol. The van der Waals surface area contributed by atoms with E-state index in [4.69, 9.17) is 9.84 Å². The topological polar surface area (TPSA) is 46.5 Å². The smallest absolute Gasteiger partial charge is 0.306 e. The highest BCUT2D eigenvalue weighted by atomic mass is 79.9. The number of para-hydroxylation sites is 1. The number of carboxylic acids is 1. The van der Waals surface area contributed by atoms with E-state index in [0.29, 0.717) is 5.56 Å². The van der Waals surface area contributed by atoms with Gasteiger partial charge in [-0.3, -0.25) is 4.79 Å². The number of ether oxygens (including phenoxy) is 1. The first-order valence-corrected chi connectivity index (χ1v) is 4.60. The monoisotopic (exact) mass is 292 g/mol. The molecule has 1 rings (SSSR count). The van der Waals surface area contributed by atoms with Gasteiger partial charge in [0, 0.05) is 0 Å². The molecule has 0 aliphatic heterocycles. The SMILES string of the molecule is Br.COc1c(F)cccc1CC(C)C(=O)O. The van der Waals surface area contributed by atoms with Crippen molar-refractivity contribution in [3.8, 4) is 5.75 Å². The minimum Gasteiger partial charge on any atom is -0.493 e. The Morgan fingerprint density at radius 2 is 2.19 bits per heavy atom. The summed E-state index contributed by atoms with van der Waals surface area (Å²) in [6.07, 6.45) is 0.260. The van der Waals surface area contributed by atoms with Gasteiger partial charge >= 0.3 is 5.97 Å². The Labute approximate surface area is 104 Å². The number of carboxylic acid groups (broad SMARTS) is 1. The van der Waals surface area contributed by atoms with Crippen LogP contribution in [0.4, 0.5) is 4.39 Å². The van der Waals surface area contributed by atoms with Crippen LogP contribution >= 0.6 is 17.0 Å². The van der Waals surface area contributed by atoms with Gasteiger partial charge in [0.2, 0.25) is 0 Å². The van der Waals surface area contributed by atoms with E-state index in [-0.39, 0.29) is 29.2 Å². The molecule has 0 bridgehead atoms. The Morgan fingerprint density at radius 3 is 2.69 bits per heavy atom. The summed E-state index contributed by atoms with van der Waals surface area (Å²) in [6.45, 7) is 1.58. The summed E-state index contributed by atoms with van der Waals surface area (Å²) in [6, 6.07) is 4.50. The summed E-state index contributed by atoms with van der Waals surface area (Å²) in [5, 5.41) is 8.74. The van der Waals surface area contributed by atoms with Gasteiger partial charge in [-0.05, 0) is 18.1 Å². The highest BCUT2D eigenvalue weighted by Gasteiger charge is 2.16. The molecule has 0 saturated heterocycles. The zero-order chi connectivity index (χ0) is 11.4. The number of aliphatic carboxylic acids is 1. The van der Waals surface area contributed by atoms with Crippen LogP contribution in [0.25, 0.3) is 0 Å². The molecule has 0 fully saturated rings. The second kappa shape index (κ2) is 6.48. The quantitative estimate of drug-likeness (QED) is 0.928. The van der Waals surface area contributed by atoms with E-state index >= 15 is 0 Å². The lowest BCUT2D eigenvalue weighted by atomic mass is 10.0. The van der Waals surface area contributed by atoms with Gasteiger partial charge in [-0.1, -0.05) is 19.1 Å². The molecule has 0 amide bonds. The molecule has 16 heavy (non-hydrogen) atoms. The zero-order valence-corrected chi connectivity index (χ0v) is 10.8. The van der Waals surface area contributed by atoms with Gasteiger partial charge in [0.1, 0.15) is 0 Å². The molecule has 1 N–H and O–H groups in total. The van der Waals surface area contributed by atoms with Crippen molar-refractivity contribution >= 4 is 23.0 Å². The number of hydrogen-bond donors (Lipinski definition) is 1. The Bertz CT molecular complexity index is 368. The molecule has 1 aromatic rings. The van der Waals surface area contributed by atoms with E-state index < -0.39 is 17.7 Å². The minimum atomic E-state index is -0.902. The molecule has 0 aliphatic rings. The Kier molecular flexibility index (Phi) is 6.03. The molecule has 3 nitrogen and oxygen atoms in total. The normalized spacial score (nSPS) is 11.4. The molecule has 0 saturated carbocycles. The van der Waals surface area contributed by atoms with Crippen molar-refractivity contribution in [1.82, 2.24) is 0 Å². The highest BCUT2D eigenvalue weighted by molar-refractivity contribution is 8.93. The molecule has 5 heteroatoms. The van der Waals surface area contributed by atoms with Crippen molar-refractivity contribution in [2.24, 2.45) is 5.92 Å². The second-order valence-corrected chi connectivity index (χ2v) is 3.38. The van der Waals surface area contributed by atoms with Crippen LogP contribution in [0.1, 0.15) is 12.5 Å². The first-order valence-electron chi connectivity index (χ1n) is 4.60. The molecule has 0 spiro atoms. The predicted octanol–water partition coefficient (Wildman–Crippen LogP) is 2.68. The fourth-order valence-electron chi connectivity index (χ4n) is 1.36. The van der Waals surface area contributed by atoms with E-state index in [1.807, 2.05) is 0 Å². The van der Waals surface area contributed by atoms with Gasteiger partial charge in [0.25, 0.3) is 0 Å². The molecule has 90 valence electrons.